The molecule has 0 saturated carbocycles. The maximum atomic E-state index is 12.5. The number of nitrogens with zero attached hydrogens (tertiary/aromatic N) is 8. The largest absolute Gasteiger partial charge is 0.444 e. The zero-order chi connectivity index (χ0) is 31.9. The highest BCUT2D eigenvalue weighted by Crippen LogP contribution is 2.29. The molecule has 1 fully saturated rings. The second-order valence-electron chi connectivity index (χ2n) is 12.4. The average molecular weight is 614 g/mol. The lowest BCUT2D eigenvalue weighted by molar-refractivity contribution is -0.676. The Balaban J connectivity index is 1.25. The zero-order valence-corrected chi connectivity index (χ0v) is 26.5. The number of carbonyl (C=O) groups is 2. The number of piperidine rings is 1. The summed E-state index contributed by atoms with van der Waals surface area (Å²) >= 11 is 0. The number of anilines is 2. The first kappa shape index (κ1) is 30.1. The van der Waals surface area contributed by atoms with E-state index < -0.39 is 5.60 Å². The molecule has 0 bridgehead atoms. The van der Waals surface area contributed by atoms with Crippen LogP contribution in [0.1, 0.15) is 59.3 Å². The summed E-state index contributed by atoms with van der Waals surface area (Å²) in [7, 11) is 0. The first-order valence-electron chi connectivity index (χ1n) is 15.5. The maximum Gasteiger partial charge on any atom is 0.410 e. The van der Waals surface area contributed by atoms with Crippen LogP contribution < -0.4 is 15.2 Å². The highest BCUT2D eigenvalue weighted by Gasteiger charge is 2.29. The van der Waals surface area contributed by atoms with Gasteiger partial charge in [-0.1, -0.05) is 0 Å². The van der Waals surface area contributed by atoms with E-state index in [2.05, 4.69) is 62.3 Å². The van der Waals surface area contributed by atoms with Gasteiger partial charge >= 0.3 is 6.09 Å². The Morgan fingerprint density at radius 1 is 1.18 bits per heavy atom. The highest BCUT2D eigenvalue weighted by atomic mass is 16.6. The lowest BCUT2D eigenvalue weighted by Crippen LogP contribution is -2.42. The molecule has 5 aromatic rings. The summed E-state index contributed by atoms with van der Waals surface area (Å²) in [6.45, 7) is 12.8. The minimum absolute atomic E-state index is 0.189. The van der Waals surface area contributed by atoms with Crippen LogP contribution in [0.5, 0.6) is 0 Å². The summed E-state index contributed by atoms with van der Waals surface area (Å²) in [5.41, 5.74) is 11.2. The summed E-state index contributed by atoms with van der Waals surface area (Å²) in [5, 5.41) is 4.71. The van der Waals surface area contributed by atoms with Crippen molar-refractivity contribution in [1.29, 1.82) is 0 Å². The van der Waals surface area contributed by atoms with Crippen LogP contribution in [-0.4, -0.2) is 65.4 Å². The molecule has 236 valence electrons. The Labute approximate surface area is 261 Å². The van der Waals surface area contributed by atoms with Crippen LogP contribution in [0.15, 0.2) is 42.9 Å². The van der Waals surface area contributed by atoms with Crippen LogP contribution in [0.25, 0.3) is 33.3 Å². The van der Waals surface area contributed by atoms with Crippen molar-refractivity contribution in [2.24, 2.45) is 0 Å². The number of rotatable bonds is 8. The van der Waals surface area contributed by atoms with Crippen molar-refractivity contribution in [2.75, 3.05) is 23.7 Å². The molecule has 13 nitrogen and oxygen atoms in total. The highest BCUT2D eigenvalue weighted by molar-refractivity contribution is 5.84. The van der Waals surface area contributed by atoms with Gasteiger partial charge in [-0.25, -0.2) is 23.9 Å². The van der Waals surface area contributed by atoms with E-state index in [1.807, 2.05) is 31.6 Å². The fourth-order valence-corrected chi connectivity index (χ4v) is 6.17. The number of H-pyrrole nitrogens is 1. The standard InChI is InChI=1S/C32H41N10O3/c1-6-40-25-9-8-21(22-17-35-42(18-22)23-11-14-38(15-12-23)31(44)45-32(3,4)5)16-26(25)41(7-2)27(40)19-39(20-43)30-28(33)37-29-24(36-30)10-13-34-29/h8-10,13,16-18,20,23H,6-7,11-12,14-15,19H2,1-5H3,(H3,33,34,37)/q+1. The molecule has 0 radical (unpaired) electrons. The molecule has 4 aromatic heterocycles. The number of likely N-dealkylation sites (tertiary alicyclic amines) is 1. The molecule has 6 rings (SSSR count). The van der Waals surface area contributed by atoms with E-state index in [1.54, 1.807) is 17.2 Å². The van der Waals surface area contributed by atoms with Crippen molar-refractivity contribution >= 4 is 46.3 Å². The lowest BCUT2D eigenvalue weighted by Gasteiger charge is -2.33. The molecule has 3 N–H and O–H groups in total. The number of carbonyl (C=O) groups excluding carboxylic acids is 2. The fourth-order valence-electron chi connectivity index (χ4n) is 6.17. The molecule has 5 heterocycles. The Morgan fingerprint density at radius 3 is 2.64 bits per heavy atom. The first-order valence-corrected chi connectivity index (χ1v) is 15.5. The van der Waals surface area contributed by atoms with Crippen LogP contribution in [-0.2, 0) is 29.2 Å². The summed E-state index contributed by atoms with van der Waals surface area (Å²) < 4.78 is 12.0. The molecule has 0 aliphatic carbocycles. The van der Waals surface area contributed by atoms with Gasteiger partial charge in [-0.15, -0.1) is 0 Å². The predicted molar refractivity (Wildman–Crippen MR) is 171 cm³/mol. The normalized spacial score (nSPS) is 14.4. The zero-order valence-electron chi connectivity index (χ0n) is 26.5. The third-order valence-electron chi connectivity index (χ3n) is 8.34. The van der Waals surface area contributed by atoms with E-state index in [9.17, 15) is 9.59 Å². The van der Waals surface area contributed by atoms with E-state index in [4.69, 9.17) is 15.6 Å². The van der Waals surface area contributed by atoms with Crippen molar-refractivity contribution in [3.8, 4) is 11.1 Å². The maximum absolute atomic E-state index is 12.5. The Morgan fingerprint density at radius 2 is 1.96 bits per heavy atom. The second-order valence-corrected chi connectivity index (χ2v) is 12.4. The van der Waals surface area contributed by atoms with Gasteiger partial charge in [0.1, 0.15) is 17.7 Å². The molecule has 2 amide bonds. The third-order valence-corrected chi connectivity index (χ3v) is 8.34. The number of aromatic amines is 1. The summed E-state index contributed by atoms with van der Waals surface area (Å²) in [6, 6.07) is 8.45. The van der Waals surface area contributed by atoms with Crippen molar-refractivity contribution in [2.45, 2.75) is 78.7 Å². The van der Waals surface area contributed by atoms with Gasteiger partial charge in [-0.2, -0.15) is 5.10 Å². The number of hydrogen-bond donors (Lipinski definition) is 2. The molecular weight excluding hydrogens is 572 g/mol. The second kappa shape index (κ2) is 11.9. The average Bonchev–Trinajstić information content (AvgIpc) is 3.75. The number of aromatic nitrogens is 7. The number of aryl methyl sites for hydroxylation is 2. The summed E-state index contributed by atoms with van der Waals surface area (Å²) in [6.07, 6.45) is 7.88. The van der Waals surface area contributed by atoms with E-state index >= 15 is 0 Å². The minimum atomic E-state index is -0.505. The van der Waals surface area contributed by atoms with Crippen molar-refractivity contribution in [3.63, 3.8) is 0 Å². The smallest absolute Gasteiger partial charge is 0.410 e. The third kappa shape index (κ3) is 5.81. The number of amides is 2. The molecular formula is C32H41N10O3+. The van der Waals surface area contributed by atoms with Crippen molar-refractivity contribution in [3.05, 3.63) is 48.7 Å². The summed E-state index contributed by atoms with van der Waals surface area (Å²) in [5.74, 6) is 1.48. The number of hydrogen-bond acceptors (Lipinski definition) is 7. The van der Waals surface area contributed by atoms with E-state index in [0.717, 1.165) is 53.8 Å². The molecule has 0 atom stereocenters. The van der Waals surface area contributed by atoms with E-state index in [0.29, 0.717) is 36.6 Å². The van der Waals surface area contributed by atoms with Crippen molar-refractivity contribution < 1.29 is 18.9 Å². The van der Waals surface area contributed by atoms with Gasteiger partial charge in [-0.05, 0) is 77.3 Å². The van der Waals surface area contributed by atoms with Crippen LogP contribution in [0.3, 0.4) is 0 Å². The number of nitrogen functional groups attached to an aromatic ring is 1. The van der Waals surface area contributed by atoms with Gasteiger partial charge in [-0.3, -0.25) is 14.4 Å². The van der Waals surface area contributed by atoms with Gasteiger partial charge in [0.2, 0.25) is 6.41 Å². The van der Waals surface area contributed by atoms with Gasteiger partial charge in [0.25, 0.3) is 5.82 Å². The van der Waals surface area contributed by atoms with E-state index in [1.165, 1.54) is 4.90 Å². The molecule has 1 aliphatic rings. The molecule has 0 unspecified atom stereocenters. The number of benzene rings is 1. The first-order chi connectivity index (χ1) is 21.6. The topological polar surface area (TPSA) is 144 Å². The van der Waals surface area contributed by atoms with Crippen LogP contribution in [0, 0.1) is 0 Å². The van der Waals surface area contributed by atoms with Crippen LogP contribution in [0.2, 0.25) is 0 Å². The SMILES string of the molecule is CCn1c(CN(C=O)c2nc3cc[nH]c3nc2N)[n+](CC)c2ccc(-c3cnn(C4CCN(C(=O)OC(C)(C)C)CC4)c3)cc21. The quantitative estimate of drug-likeness (QED) is 0.195. The number of fused-ring (bicyclic) bond motifs is 2. The molecule has 1 aromatic carbocycles. The van der Waals surface area contributed by atoms with Crippen LogP contribution in [0.4, 0.5) is 16.4 Å². The van der Waals surface area contributed by atoms with Gasteiger partial charge in [0.05, 0.1) is 25.3 Å². The van der Waals surface area contributed by atoms with Gasteiger partial charge in [0, 0.05) is 31.0 Å². The molecule has 1 aliphatic heterocycles. The fraction of sp³-hybridized carbons (Fsp3) is 0.438. The van der Waals surface area contributed by atoms with Crippen molar-refractivity contribution in [1.82, 2.24) is 34.2 Å². The van der Waals surface area contributed by atoms with Gasteiger partial charge < -0.3 is 20.4 Å². The molecule has 13 heteroatoms. The number of nitrogens with two attached hydrogens (primary N) is 1. The Bertz CT molecular complexity index is 1860. The predicted octanol–water partition coefficient (Wildman–Crippen LogP) is 4.42. The Hall–Kier alpha value is -4.94. The molecule has 45 heavy (non-hydrogen) atoms. The number of nitrogens with one attached hydrogen (secondary N) is 1. The van der Waals surface area contributed by atoms with Gasteiger partial charge in [0.15, 0.2) is 28.3 Å². The number of imidazole rings is 1. The minimum Gasteiger partial charge on any atom is -0.444 e. The summed E-state index contributed by atoms with van der Waals surface area (Å²) in [4.78, 5) is 40.2. The Kier molecular flexibility index (Phi) is 7.94. The molecule has 1 saturated heterocycles. The van der Waals surface area contributed by atoms with Crippen LogP contribution >= 0.6 is 0 Å². The van der Waals surface area contributed by atoms with E-state index in [-0.39, 0.29) is 24.5 Å². The monoisotopic (exact) mass is 613 g/mol. The number of ether oxygens (including phenoxy) is 1. The lowest BCUT2D eigenvalue weighted by atomic mass is 10.1. The molecule has 0 spiro atoms.